The van der Waals surface area contributed by atoms with Crippen LogP contribution < -0.4 is 5.32 Å². The molecule has 0 amide bonds. The topological polar surface area (TPSA) is 21.3 Å². The first-order valence-electron chi connectivity index (χ1n) is 6.68. The summed E-state index contributed by atoms with van der Waals surface area (Å²) in [5.74, 6) is 0.523. The van der Waals surface area contributed by atoms with E-state index in [9.17, 15) is 0 Å². The minimum atomic E-state index is 0.148. The van der Waals surface area contributed by atoms with Gasteiger partial charge in [0.2, 0.25) is 0 Å². The lowest BCUT2D eigenvalue weighted by Crippen LogP contribution is -2.41. The third kappa shape index (κ3) is 4.43. The normalized spacial score (nSPS) is 24.7. The lowest BCUT2D eigenvalue weighted by molar-refractivity contribution is -0.0271. The SMILES string of the molecule is CC(C)(C)NCC1CCCOC1c1cc(Br)c(Cl)s1. The van der Waals surface area contributed by atoms with Gasteiger partial charge < -0.3 is 10.1 Å². The van der Waals surface area contributed by atoms with Crippen molar-refractivity contribution < 1.29 is 4.74 Å². The van der Waals surface area contributed by atoms with Crippen LogP contribution >= 0.6 is 38.9 Å². The van der Waals surface area contributed by atoms with Crippen LogP contribution in [0.4, 0.5) is 0 Å². The van der Waals surface area contributed by atoms with Crippen molar-refractivity contribution in [2.75, 3.05) is 13.2 Å². The Morgan fingerprint density at radius 2 is 2.26 bits per heavy atom. The molecule has 2 rings (SSSR count). The summed E-state index contributed by atoms with van der Waals surface area (Å²) in [6.45, 7) is 8.43. The van der Waals surface area contributed by atoms with E-state index in [4.69, 9.17) is 16.3 Å². The average Bonchev–Trinajstić information content (AvgIpc) is 2.66. The number of ether oxygens (including phenoxy) is 1. The van der Waals surface area contributed by atoms with E-state index in [-0.39, 0.29) is 11.6 Å². The summed E-state index contributed by atoms with van der Waals surface area (Å²) in [4.78, 5) is 1.23. The molecule has 2 nitrogen and oxygen atoms in total. The van der Waals surface area contributed by atoms with Crippen LogP contribution in [0, 0.1) is 5.92 Å². The lowest BCUT2D eigenvalue weighted by Gasteiger charge is -2.33. The van der Waals surface area contributed by atoms with Gasteiger partial charge in [-0.25, -0.2) is 0 Å². The molecule has 19 heavy (non-hydrogen) atoms. The monoisotopic (exact) mass is 365 g/mol. The van der Waals surface area contributed by atoms with Crippen molar-refractivity contribution in [2.45, 2.75) is 45.3 Å². The van der Waals surface area contributed by atoms with Gasteiger partial charge in [0.15, 0.2) is 0 Å². The molecular formula is C14H21BrClNOS. The highest BCUT2D eigenvalue weighted by atomic mass is 79.9. The van der Waals surface area contributed by atoms with Gasteiger partial charge in [-0.2, -0.15) is 0 Å². The van der Waals surface area contributed by atoms with Crippen LogP contribution in [-0.4, -0.2) is 18.7 Å². The molecule has 1 fully saturated rings. The number of thiophene rings is 1. The maximum absolute atomic E-state index is 6.15. The Bertz CT molecular complexity index is 410. The van der Waals surface area contributed by atoms with Gasteiger partial charge in [0.05, 0.1) is 6.10 Å². The molecule has 108 valence electrons. The fourth-order valence-electron chi connectivity index (χ4n) is 2.31. The lowest BCUT2D eigenvalue weighted by atomic mass is 9.92. The quantitative estimate of drug-likeness (QED) is 0.811. The Hall–Kier alpha value is 0.390. The zero-order valence-corrected chi connectivity index (χ0v) is 14.8. The average molecular weight is 367 g/mol. The van der Waals surface area contributed by atoms with Crippen molar-refractivity contribution in [1.82, 2.24) is 5.32 Å². The van der Waals surface area contributed by atoms with E-state index < -0.39 is 0 Å². The van der Waals surface area contributed by atoms with Crippen LogP contribution in [-0.2, 0) is 4.74 Å². The molecule has 0 saturated carbocycles. The second-order valence-corrected chi connectivity index (χ2v) is 8.64. The van der Waals surface area contributed by atoms with E-state index >= 15 is 0 Å². The summed E-state index contributed by atoms with van der Waals surface area (Å²) in [6, 6.07) is 2.10. The van der Waals surface area contributed by atoms with Crippen LogP contribution in [0.3, 0.4) is 0 Å². The number of rotatable bonds is 3. The van der Waals surface area contributed by atoms with E-state index in [1.54, 1.807) is 11.3 Å². The van der Waals surface area contributed by atoms with Gasteiger partial charge in [0, 0.05) is 34.0 Å². The molecule has 0 aliphatic carbocycles. The third-order valence-corrected chi connectivity index (χ3v) is 5.82. The molecule has 0 aromatic carbocycles. The van der Waals surface area contributed by atoms with Crippen molar-refractivity contribution in [3.63, 3.8) is 0 Å². The third-order valence-electron chi connectivity index (χ3n) is 3.28. The summed E-state index contributed by atoms with van der Waals surface area (Å²) in [7, 11) is 0. The van der Waals surface area contributed by atoms with Gasteiger partial charge in [0.1, 0.15) is 4.34 Å². The zero-order valence-electron chi connectivity index (χ0n) is 11.6. The first-order chi connectivity index (χ1) is 8.87. The summed E-state index contributed by atoms with van der Waals surface area (Å²) in [5.41, 5.74) is 0.148. The van der Waals surface area contributed by atoms with E-state index in [2.05, 4.69) is 48.1 Å². The molecule has 1 aromatic rings. The second kappa shape index (κ2) is 6.44. The van der Waals surface area contributed by atoms with Crippen LogP contribution in [0.5, 0.6) is 0 Å². The van der Waals surface area contributed by atoms with Crippen molar-refractivity contribution >= 4 is 38.9 Å². The molecule has 1 N–H and O–H groups in total. The molecule has 2 unspecified atom stereocenters. The number of halogens is 2. The minimum absolute atomic E-state index is 0.148. The summed E-state index contributed by atoms with van der Waals surface area (Å²) >= 11 is 11.3. The maximum Gasteiger partial charge on any atom is 0.107 e. The smallest absolute Gasteiger partial charge is 0.107 e. The first kappa shape index (κ1) is 15.8. The Balaban J connectivity index is 2.07. The van der Waals surface area contributed by atoms with E-state index in [1.807, 2.05) is 0 Å². The molecule has 1 aromatic heterocycles. The Morgan fingerprint density at radius 1 is 1.53 bits per heavy atom. The minimum Gasteiger partial charge on any atom is -0.372 e. The van der Waals surface area contributed by atoms with Gasteiger partial charge in [-0.3, -0.25) is 0 Å². The fraction of sp³-hybridized carbons (Fsp3) is 0.714. The zero-order chi connectivity index (χ0) is 14.0. The molecule has 0 radical (unpaired) electrons. The van der Waals surface area contributed by atoms with Crippen LogP contribution in [0.15, 0.2) is 10.5 Å². The van der Waals surface area contributed by atoms with Gasteiger partial charge in [-0.05, 0) is 55.6 Å². The molecule has 1 aliphatic rings. The molecule has 5 heteroatoms. The molecule has 0 bridgehead atoms. The van der Waals surface area contributed by atoms with Crippen molar-refractivity contribution in [3.05, 3.63) is 19.8 Å². The van der Waals surface area contributed by atoms with Crippen molar-refractivity contribution in [3.8, 4) is 0 Å². The second-order valence-electron chi connectivity index (χ2n) is 6.10. The molecule has 2 heterocycles. The highest BCUT2D eigenvalue weighted by molar-refractivity contribution is 9.10. The largest absolute Gasteiger partial charge is 0.372 e. The summed E-state index contributed by atoms with van der Waals surface area (Å²) in [6.07, 6.45) is 2.53. The molecule has 1 aliphatic heterocycles. The van der Waals surface area contributed by atoms with Gasteiger partial charge in [-0.15, -0.1) is 11.3 Å². The Morgan fingerprint density at radius 3 is 2.84 bits per heavy atom. The molecule has 1 saturated heterocycles. The van der Waals surface area contributed by atoms with Crippen molar-refractivity contribution in [2.24, 2.45) is 5.92 Å². The van der Waals surface area contributed by atoms with E-state index in [0.717, 1.165) is 28.4 Å². The van der Waals surface area contributed by atoms with Crippen LogP contribution in [0.25, 0.3) is 0 Å². The number of hydrogen-bond donors (Lipinski definition) is 1. The van der Waals surface area contributed by atoms with E-state index in [1.165, 1.54) is 11.3 Å². The van der Waals surface area contributed by atoms with Gasteiger partial charge in [0.25, 0.3) is 0 Å². The first-order valence-corrected chi connectivity index (χ1v) is 8.67. The highest BCUT2D eigenvalue weighted by Gasteiger charge is 2.30. The molecule has 2 atom stereocenters. The summed E-state index contributed by atoms with van der Waals surface area (Å²) < 4.78 is 7.79. The van der Waals surface area contributed by atoms with E-state index in [0.29, 0.717) is 5.92 Å². The highest BCUT2D eigenvalue weighted by Crippen LogP contribution is 2.41. The van der Waals surface area contributed by atoms with Gasteiger partial charge in [-0.1, -0.05) is 11.6 Å². The van der Waals surface area contributed by atoms with Gasteiger partial charge >= 0.3 is 0 Å². The number of nitrogens with one attached hydrogen (secondary N) is 1. The Kier molecular flexibility index (Phi) is 5.34. The predicted molar refractivity (Wildman–Crippen MR) is 86.2 cm³/mol. The fourth-order valence-corrected chi connectivity index (χ4v) is 4.19. The number of hydrogen-bond acceptors (Lipinski definition) is 3. The molecular weight excluding hydrogens is 346 g/mol. The van der Waals surface area contributed by atoms with Crippen molar-refractivity contribution in [1.29, 1.82) is 0 Å². The van der Waals surface area contributed by atoms with Crippen LogP contribution in [0.1, 0.15) is 44.6 Å². The maximum atomic E-state index is 6.15. The predicted octanol–water partition coefficient (Wildman–Crippen LogP) is 5.02. The Labute approximate surface area is 133 Å². The standard InChI is InChI=1S/C14H21BrClNOS/c1-14(2,3)17-8-9-5-4-6-18-12(9)11-7-10(15)13(16)19-11/h7,9,12,17H,4-6,8H2,1-3H3. The van der Waals surface area contributed by atoms with Crippen LogP contribution in [0.2, 0.25) is 4.34 Å². The summed E-state index contributed by atoms with van der Waals surface area (Å²) in [5, 5.41) is 3.59. The molecule has 0 spiro atoms.